The SMILES string of the molecule is CSC1CCC(n2ccc3c2CCCC3=O)C1. The van der Waals surface area contributed by atoms with Gasteiger partial charge in [-0.25, -0.2) is 0 Å². The number of hydrogen-bond donors (Lipinski definition) is 0. The molecule has 0 amide bonds. The highest BCUT2D eigenvalue weighted by molar-refractivity contribution is 7.99. The monoisotopic (exact) mass is 249 g/mol. The first-order chi connectivity index (χ1) is 8.29. The first-order valence-electron chi connectivity index (χ1n) is 6.55. The Hall–Kier alpha value is -0.700. The van der Waals surface area contributed by atoms with Crippen molar-refractivity contribution in [2.45, 2.75) is 49.8 Å². The van der Waals surface area contributed by atoms with E-state index >= 15 is 0 Å². The molecule has 2 nitrogen and oxygen atoms in total. The van der Waals surface area contributed by atoms with E-state index in [0.717, 1.165) is 30.1 Å². The number of carbonyl (C=O) groups excluding carboxylic acids is 1. The number of thioether (sulfide) groups is 1. The van der Waals surface area contributed by atoms with Gasteiger partial charge >= 0.3 is 0 Å². The number of ketones is 1. The molecule has 0 spiro atoms. The Morgan fingerprint density at radius 3 is 3.00 bits per heavy atom. The van der Waals surface area contributed by atoms with E-state index in [0.29, 0.717) is 11.8 Å². The lowest BCUT2D eigenvalue weighted by Gasteiger charge is -2.20. The van der Waals surface area contributed by atoms with Crippen LogP contribution in [0.15, 0.2) is 12.3 Å². The molecule has 0 aliphatic heterocycles. The number of Topliss-reactive ketones (excluding diaryl/α,β-unsaturated/α-hetero) is 1. The van der Waals surface area contributed by atoms with E-state index < -0.39 is 0 Å². The number of rotatable bonds is 2. The van der Waals surface area contributed by atoms with Crippen LogP contribution < -0.4 is 0 Å². The van der Waals surface area contributed by atoms with Crippen molar-refractivity contribution in [3.63, 3.8) is 0 Å². The number of aromatic nitrogens is 1. The number of hydrogen-bond acceptors (Lipinski definition) is 2. The van der Waals surface area contributed by atoms with E-state index in [1.807, 2.05) is 17.8 Å². The van der Waals surface area contributed by atoms with Gasteiger partial charge in [-0.05, 0) is 44.4 Å². The Bertz CT molecular complexity index is 437. The Balaban J connectivity index is 1.87. The molecule has 3 rings (SSSR count). The molecule has 0 aromatic carbocycles. The third-order valence-electron chi connectivity index (χ3n) is 4.23. The number of carbonyl (C=O) groups is 1. The largest absolute Gasteiger partial charge is 0.348 e. The van der Waals surface area contributed by atoms with Crippen LogP contribution in [0.1, 0.15) is 54.2 Å². The molecule has 1 aromatic heterocycles. The molecule has 1 heterocycles. The van der Waals surface area contributed by atoms with Gasteiger partial charge in [-0.2, -0.15) is 11.8 Å². The van der Waals surface area contributed by atoms with Crippen LogP contribution in [-0.2, 0) is 6.42 Å². The summed E-state index contributed by atoms with van der Waals surface area (Å²) < 4.78 is 2.41. The van der Waals surface area contributed by atoms with Crippen molar-refractivity contribution in [2.24, 2.45) is 0 Å². The maximum absolute atomic E-state index is 11.8. The van der Waals surface area contributed by atoms with Gasteiger partial charge in [0.2, 0.25) is 0 Å². The number of fused-ring (bicyclic) bond motifs is 1. The molecule has 1 aromatic rings. The summed E-state index contributed by atoms with van der Waals surface area (Å²) in [5.74, 6) is 0.351. The molecule has 3 heteroatoms. The van der Waals surface area contributed by atoms with Gasteiger partial charge in [0, 0.05) is 35.2 Å². The lowest BCUT2D eigenvalue weighted by molar-refractivity contribution is 0.0971. The summed E-state index contributed by atoms with van der Waals surface area (Å²) in [6.45, 7) is 0. The van der Waals surface area contributed by atoms with Crippen LogP contribution in [0.2, 0.25) is 0 Å². The van der Waals surface area contributed by atoms with Gasteiger partial charge < -0.3 is 4.57 Å². The molecule has 2 aliphatic carbocycles. The van der Waals surface area contributed by atoms with Gasteiger partial charge in [0.15, 0.2) is 5.78 Å². The zero-order valence-electron chi connectivity index (χ0n) is 10.3. The fourth-order valence-corrected chi connectivity index (χ4v) is 4.06. The van der Waals surface area contributed by atoms with Gasteiger partial charge in [-0.3, -0.25) is 4.79 Å². The van der Waals surface area contributed by atoms with Crippen LogP contribution in [0.5, 0.6) is 0 Å². The Kier molecular flexibility index (Phi) is 3.03. The fraction of sp³-hybridized carbons (Fsp3) is 0.643. The maximum Gasteiger partial charge on any atom is 0.164 e. The first-order valence-corrected chi connectivity index (χ1v) is 7.84. The van der Waals surface area contributed by atoms with Crippen molar-refractivity contribution in [3.8, 4) is 0 Å². The van der Waals surface area contributed by atoms with Gasteiger partial charge in [0.05, 0.1) is 0 Å². The van der Waals surface area contributed by atoms with E-state index in [1.165, 1.54) is 25.0 Å². The van der Waals surface area contributed by atoms with Gasteiger partial charge in [0.1, 0.15) is 0 Å². The fourth-order valence-electron chi connectivity index (χ4n) is 3.28. The van der Waals surface area contributed by atoms with Crippen molar-refractivity contribution in [1.29, 1.82) is 0 Å². The molecule has 0 bridgehead atoms. The predicted octanol–water partition coefficient (Wildman–Crippen LogP) is 3.46. The van der Waals surface area contributed by atoms with Crippen molar-refractivity contribution in [3.05, 3.63) is 23.5 Å². The van der Waals surface area contributed by atoms with E-state index in [1.54, 1.807) is 0 Å². The number of nitrogens with zero attached hydrogens (tertiary/aromatic N) is 1. The van der Waals surface area contributed by atoms with Crippen LogP contribution in [-0.4, -0.2) is 21.9 Å². The molecule has 1 saturated carbocycles. The maximum atomic E-state index is 11.8. The van der Waals surface area contributed by atoms with Crippen LogP contribution in [0, 0.1) is 0 Å². The second-order valence-electron chi connectivity index (χ2n) is 5.18. The van der Waals surface area contributed by atoms with Crippen LogP contribution in [0.4, 0.5) is 0 Å². The summed E-state index contributed by atoms with van der Waals surface area (Å²) in [6.07, 6.45) is 11.1. The summed E-state index contributed by atoms with van der Waals surface area (Å²) in [5.41, 5.74) is 2.32. The van der Waals surface area contributed by atoms with Crippen molar-refractivity contribution in [1.82, 2.24) is 4.57 Å². The summed E-state index contributed by atoms with van der Waals surface area (Å²) >= 11 is 1.99. The first kappa shape index (κ1) is 11.4. The molecular formula is C14H19NOS. The standard InChI is InChI=1S/C14H19NOS/c1-17-11-6-5-10(9-11)15-8-7-12-13(15)3-2-4-14(12)16/h7-8,10-11H,2-6,9H2,1H3. The van der Waals surface area contributed by atoms with Crippen LogP contribution in [0.25, 0.3) is 0 Å². The highest BCUT2D eigenvalue weighted by atomic mass is 32.2. The normalized spacial score (nSPS) is 28.4. The molecule has 2 atom stereocenters. The average Bonchev–Trinajstić information content (AvgIpc) is 2.94. The second-order valence-corrected chi connectivity index (χ2v) is 6.32. The van der Waals surface area contributed by atoms with Gasteiger partial charge in [0.25, 0.3) is 0 Å². The van der Waals surface area contributed by atoms with E-state index in [-0.39, 0.29) is 0 Å². The second kappa shape index (κ2) is 4.52. The lowest BCUT2D eigenvalue weighted by atomic mass is 9.96. The Morgan fingerprint density at radius 1 is 1.35 bits per heavy atom. The van der Waals surface area contributed by atoms with E-state index in [9.17, 15) is 4.79 Å². The Labute approximate surface area is 107 Å². The third kappa shape index (κ3) is 1.95. The Morgan fingerprint density at radius 2 is 2.24 bits per heavy atom. The van der Waals surface area contributed by atoms with Crippen molar-refractivity contribution in [2.75, 3.05) is 6.26 Å². The zero-order valence-corrected chi connectivity index (χ0v) is 11.1. The highest BCUT2D eigenvalue weighted by Crippen LogP contribution is 2.38. The minimum atomic E-state index is 0.351. The molecule has 17 heavy (non-hydrogen) atoms. The average molecular weight is 249 g/mol. The zero-order chi connectivity index (χ0) is 11.8. The van der Waals surface area contributed by atoms with E-state index in [4.69, 9.17) is 0 Å². The summed E-state index contributed by atoms with van der Waals surface area (Å²) in [4.78, 5) is 11.8. The molecule has 0 radical (unpaired) electrons. The molecule has 1 fully saturated rings. The summed E-state index contributed by atoms with van der Waals surface area (Å²) in [6, 6.07) is 2.69. The smallest absolute Gasteiger partial charge is 0.164 e. The van der Waals surface area contributed by atoms with Crippen molar-refractivity contribution >= 4 is 17.5 Å². The molecular weight excluding hydrogens is 230 g/mol. The van der Waals surface area contributed by atoms with E-state index in [2.05, 4.69) is 17.0 Å². The summed E-state index contributed by atoms with van der Waals surface area (Å²) in [7, 11) is 0. The molecule has 2 aliphatic rings. The van der Waals surface area contributed by atoms with Gasteiger partial charge in [-0.15, -0.1) is 0 Å². The van der Waals surface area contributed by atoms with Crippen molar-refractivity contribution < 1.29 is 4.79 Å². The summed E-state index contributed by atoms with van der Waals surface area (Å²) in [5, 5.41) is 0.817. The lowest BCUT2D eigenvalue weighted by Crippen LogP contribution is -2.15. The quantitative estimate of drug-likeness (QED) is 0.800. The molecule has 0 N–H and O–H groups in total. The minimum Gasteiger partial charge on any atom is -0.348 e. The highest BCUT2D eigenvalue weighted by Gasteiger charge is 2.29. The van der Waals surface area contributed by atoms with Crippen LogP contribution in [0.3, 0.4) is 0 Å². The molecule has 0 saturated heterocycles. The third-order valence-corrected chi connectivity index (χ3v) is 5.32. The topological polar surface area (TPSA) is 22.0 Å². The predicted molar refractivity (Wildman–Crippen MR) is 71.9 cm³/mol. The minimum absolute atomic E-state index is 0.351. The molecule has 92 valence electrons. The van der Waals surface area contributed by atoms with Crippen LogP contribution >= 0.6 is 11.8 Å². The molecule has 2 unspecified atom stereocenters. The van der Waals surface area contributed by atoms with Gasteiger partial charge in [-0.1, -0.05) is 0 Å².